The molecule has 0 fully saturated rings. The van der Waals surface area contributed by atoms with E-state index < -0.39 is 0 Å². The summed E-state index contributed by atoms with van der Waals surface area (Å²) in [6.07, 6.45) is 6.42. The smallest absolute Gasteiger partial charge is 0.231 e. The molecule has 7 rings (SSSR count). The predicted molar refractivity (Wildman–Crippen MR) is 230 cm³/mol. The largest absolute Gasteiger partial charge is 0.494 e. The molecule has 7 N–H and O–H groups in total. The lowest BCUT2D eigenvalue weighted by molar-refractivity contribution is 0.174. The molecule has 4 aromatic carbocycles. The maximum absolute atomic E-state index is 6.13. The van der Waals surface area contributed by atoms with Crippen molar-refractivity contribution in [1.29, 1.82) is 0 Å². The molecule has 0 saturated carbocycles. The summed E-state index contributed by atoms with van der Waals surface area (Å²) in [4.78, 5) is 20.2. The molecule has 0 amide bonds. The van der Waals surface area contributed by atoms with Crippen molar-refractivity contribution >= 4 is 45.3 Å². The second kappa shape index (κ2) is 20.3. The summed E-state index contributed by atoms with van der Waals surface area (Å²) in [5, 5.41) is 12.3. The van der Waals surface area contributed by atoms with Crippen molar-refractivity contribution in [1.82, 2.24) is 30.2 Å². The molecule has 0 bridgehead atoms. The van der Waals surface area contributed by atoms with E-state index in [1.54, 1.807) is 0 Å². The van der Waals surface area contributed by atoms with Crippen molar-refractivity contribution in [2.45, 2.75) is 58.6 Å². The summed E-state index contributed by atoms with van der Waals surface area (Å²) in [6.45, 7) is 8.89. The number of benzene rings is 4. The van der Waals surface area contributed by atoms with Crippen LogP contribution in [0.2, 0.25) is 0 Å². The third-order valence-corrected chi connectivity index (χ3v) is 10.0. The molecule has 0 saturated heterocycles. The lowest BCUT2D eigenvalue weighted by Crippen LogP contribution is -2.35. The van der Waals surface area contributed by atoms with Gasteiger partial charge in [0.05, 0.1) is 17.6 Å². The van der Waals surface area contributed by atoms with Gasteiger partial charge in [0.2, 0.25) is 18.7 Å². The molecule has 58 heavy (non-hydrogen) atoms. The lowest BCUT2D eigenvalue weighted by atomic mass is 10.2. The van der Waals surface area contributed by atoms with Crippen LogP contribution in [0.25, 0.3) is 21.8 Å². The van der Waals surface area contributed by atoms with Gasteiger partial charge in [0.15, 0.2) is 11.5 Å². The molecule has 0 spiro atoms. The molecule has 0 unspecified atom stereocenters. The van der Waals surface area contributed by atoms with Gasteiger partial charge in [-0.25, -0.2) is 9.97 Å². The third kappa shape index (κ3) is 11.3. The topological polar surface area (TPSA) is 180 Å². The van der Waals surface area contributed by atoms with Crippen molar-refractivity contribution in [3.8, 4) is 23.0 Å². The van der Waals surface area contributed by atoms with Crippen LogP contribution in [0.15, 0.2) is 84.9 Å². The first-order valence-electron chi connectivity index (χ1n) is 20.2. The van der Waals surface area contributed by atoms with Gasteiger partial charge in [0, 0.05) is 30.5 Å². The van der Waals surface area contributed by atoms with Crippen molar-refractivity contribution < 1.29 is 18.9 Å². The van der Waals surface area contributed by atoms with Gasteiger partial charge in [-0.2, -0.15) is 9.97 Å². The number of hydrogen-bond donors (Lipinski definition) is 5. The lowest BCUT2D eigenvalue weighted by Gasteiger charge is -2.21. The number of unbranched alkanes of at least 4 members (excludes halogenated alkanes) is 4. The first kappa shape index (κ1) is 40.1. The maximum Gasteiger partial charge on any atom is 0.231 e. The van der Waals surface area contributed by atoms with Crippen LogP contribution in [0, 0.1) is 0 Å². The van der Waals surface area contributed by atoms with E-state index in [2.05, 4.69) is 59.8 Å². The van der Waals surface area contributed by atoms with E-state index in [1.807, 2.05) is 72.8 Å². The fourth-order valence-corrected chi connectivity index (χ4v) is 6.83. The summed E-state index contributed by atoms with van der Waals surface area (Å²) < 4.78 is 23.1. The average Bonchev–Trinajstić information content (AvgIpc) is 3.72. The molecule has 6 aromatic rings. The summed E-state index contributed by atoms with van der Waals surface area (Å²) >= 11 is 0. The minimum atomic E-state index is 0.217. The molecule has 2 aromatic heterocycles. The Morgan fingerprint density at radius 1 is 0.655 bits per heavy atom. The Hall–Kier alpha value is -6.12. The summed E-state index contributed by atoms with van der Waals surface area (Å²) in [6, 6.07) is 27.7. The van der Waals surface area contributed by atoms with Gasteiger partial charge in [0.25, 0.3) is 0 Å². The van der Waals surface area contributed by atoms with Crippen LogP contribution in [0.5, 0.6) is 23.0 Å². The van der Waals surface area contributed by atoms with Crippen molar-refractivity contribution in [2.75, 3.05) is 68.3 Å². The Morgan fingerprint density at radius 3 is 2.10 bits per heavy atom. The van der Waals surface area contributed by atoms with Crippen LogP contribution < -0.4 is 46.4 Å². The number of ether oxygens (including phenoxy) is 4. The third-order valence-electron chi connectivity index (χ3n) is 10.0. The van der Waals surface area contributed by atoms with Crippen LogP contribution in [-0.4, -0.2) is 71.1 Å². The van der Waals surface area contributed by atoms with Gasteiger partial charge in [0.1, 0.15) is 29.7 Å². The zero-order valence-corrected chi connectivity index (χ0v) is 33.2. The molecule has 0 aliphatic carbocycles. The second-order valence-corrected chi connectivity index (χ2v) is 14.3. The van der Waals surface area contributed by atoms with Gasteiger partial charge >= 0.3 is 0 Å². The van der Waals surface area contributed by atoms with E-state index in [4.69, 9.17) is 30.4 Å². The van der Waals surface area contributed by atoms with Gasteiger partial charge in [-0.1, -0.05) is 49.7 Å². The fraction of sp³-hybridized carbons (Fsp3) is 0.364. The highest BCUT2D eigenvalue weighted by Crippen LogP contribution is 2.33. The highest BCUT2D eigenvalue weighted by atomic mass is 16.7. The Morgan fingerprint density at radius 2 is 1.34 bits per heavy atom. The highest BCUT2D eigenvalue weighted by molar-refractivity contribution is 5.92. The number of nitrogens with zero attached hydrogens (tertiary/aromatic N) is 5. The van der Waals surface area contributed by atoms with Crippen molar-refractivity contribution in [3.05, 3.63) is 96.1 Å². The number of anilines is 4. The van der Waals surface area contributed by atoms with Gasteiger partial charge in [-0.05, 0) is 111 Å². The van der Waals surface area contributed by atoms with Crippen LogP contribution >= 0.6 is 0 Å². The molecular formula is C44H54N10O4. The standard InChI is InChI=1S/C44H54N10O4/c1-2-54(22-10-4-9-21-48-41-35-26-34(16-18-37(35)50-43(45)52-41)56-28-31-12-6-3-7-13-31)29-47-20-8-5-11-23-55-33-15-17-38-36(25-33)42(53-44(46)51-38)49-27-32-14-19-39-40(24-32)58-30-57-39/h3,6-7,12-19,24-26,47H,2,4-5,8-11,20-23,27-30H2,1H3,(H3,45,48,50,52)(H3,46,49,51,53). The molecule has 304 valence electrons. The molecule has 0 radical (unpaired) electrons. The van der Waals surface area contributed by atoms with Crippen LogP contribution in [0.3, 0.4) is 0 Å². The van der Waals surface area contributed by atoms with E-state index in [1.165, 1.54) is 0 Å². The predicted octanol–water partition coefficient (Wildman–Crippen LogP) is 7.36. The first-order valence-corrected chi connectivity index (χ1v) is 20.2. The zero-order chi connectivity index (χ0) is 39.9. The Kier molecular flexibility index (Phi) is 14.1. The summed E-state index contributed by atoms with van der Waals surface area (Å²) in [7, 11) is 0. The van der Waals surface area contributed by atoms with E-state index in [-0.39, 0.29) is 18.7 Å². The molecule has 3 heterocycles. The van der Waals surface area contributed by atoms with Crippen LogP contribution in [0.1, 0.15) is 56.6 Å². The molecule has 1 aliphatic rings. The number of aromatic nitrogens is 4. The first-order chi connectivity index (χ1) is 28.5. The summed E-state index contributed by atoms with van der Waals surface area (Å²) in [5.41, 5.74) is 15.8. The van der Waals surface area contributed by atoms with E-state index in [0.717, 1.165) is 133 Å². The van der Waals surface area contributed by atoms with Gasteiger partial charge in [-0.15, -0.1) is 0 Å². The number of nitrogen functional groups attached to an aromatic ring is 2. The number of rotatable bonds is 23. The Labute approximate surface area is 339 Å². The SMILES string of the molecule is CCN(CCCCCNc1nc(N)nc2ccc(OCc3ccccc3)cc12)CNCCCCCOc1ccc2nc(N)nc(NCc3ccc4c(c3)OCO4)c2c1. The summed E-state index contributed by atoms with van der Waals surface area (Å²) in [5.74, 6) is 4.93. The van der Waals surface area contributed by atoms with Crippen LogP contribution in [0.4, 0.5) is 23.5 Å². The van der Waals surface area contributed by atoms with Crippen LogP contribution in [-0.2, 0) is 13.2 Å². The van der Waals surface area contributed by atoms with E-state index in [9.17, 15) is 0 Å². The van der Waals surface area contributed by atoms with Gasteiger partial charge < -0.3 is 46.4 Å². The Balaban J connectivity index is 0.759. The second-order valence-electron chi connectivity index (χ2n) is 14.3. The minimum absolute atomic E-state index is 0.217. The molecule has 14 heteroatoms. The molecular weight excluding hydrogens is 733 g/mol. The quantitative estimate of drug-likeness (QED) is 0.0321. The minimum Gasteiger partial charge on any atom is -0.494 e. The number of nitrogens with two attached hydrogens (primary N) is 2. The maximum atomic E-state index is 6.13. The molecule has 1 aliphatic heterocycles. The Bertz CT molecular complexity index is 2240. The van der Waals surface area contributed by atoms with E-state index >= 15 is 0 Å². The highest BCUT2D eigenvalue weighted by Gasteiger charge is 2.14. The van der Waals surface area contributed by atoms with Gasteiger partial charge in [-0.3, -0.25) is 4.90 Å². The zero-order valence-electron chi connectivity index (χ0n) is 33.2. The average molecular weight is 787 g/mol. The number of nitrogens with one attached hydrogen (secondary N) is 3. The normalized spacial score (nSPS) is 12.0. The van der Waals surface area contributed by atoms with Crippen molar-refractivity contribution in [2.24, 2.45) is 0 Å². The number of hydrogen-bond acceptors (Lipinski definition) is 14. The monoisotopic (exact) mass is 786 g/mol. The molecule has 14 nitrogen and oxygen atoms in total. The number of fused-ring (bicyclic) bond motifs is 3. The van der Waals surface area contributed by atoms with Crippen molar-refractivity contribution in [3.63, 3.8) is 0 Å². The fourth-order valence-electron chi connectivity index (χ4n) is 6.83. The van der Waals surface area contributed by atoms with E-state index in [0.29, 0.717) is 25.6 Å². The molecule has 0 atom stereocenters.